The maximum Gasteiger partial charge on any atom is 0.249 e. The van der Waals surface area contributed by atoms with Crippen LogP contribution in [0.15, 0.2) is 29.8 Å². The lowest BCUT2D eigenvalue weighted by atomic mass is 10.1. The van der Waals surface area contributed by atoms with E-state index in [2.05, 4.69) is 11.0 Å². The minimum Gasteiger partial charge on any atom is -0.335 e. The highest BCUT2D eigenvalue weighted by molar-refractivity contribution is 5.97. The lowest BCUT2D eigenvalue weighted by Crippen LogP contribution is -2.55. The van der Waals surface area contributed by atoms with E-state index in [1.54, 1.807) is 30.0 Å². The molecule has 1 aliphatic carbocycles. The van der Waals surface area contributed by atoms with Crippen LogP contribution >= 0.6 is 0 Å². The van der Waals surface area contributed by atoms with Crippen LogP contribution in [0.25, 0.3) is 6.08 Å². The Morgan fingerprint density at radius 3 is 2.61 bits per heavy atom. The number of rotatable bonds is 3. The van der Waals surface area contributed by atoms with Gasteiger partial charge in [0, 0.05) is 31.2 Å². The number of carbonyl (C=O) groups is 1. The maximum absolute atomic E-state index is 12.9. The number of amides is 1. The first-order valence-electron chi connectivity index (χ1n) is 7.97. The molecule has 2 aliphatic rings. The molecule has 1 aromatic rings. The SMILES string of the molecule is C/C(=C\c1ccc(F)cc1)C(=O)N1CCN(C2CC2)[C@H](C#N)C1. The Bertz CT molecular complexity index is 658. The van der Waals surface area contributed by atoms with Crippen LogP contribution in [-0.4, -0.2) is 47.4 Å². The van der Waals surface area contributed by atoms with Crippen LogP contribution in [0.3, 0.4) is 0 Å². The van der Waals surface area contributed by atoms with Crippen LogP contribution in [0.2, 0.25) is 0 Å². The molecule has 1 saturated heterocycles. The van der Waals surface area contributed by atoms with Crippen LogP contribution < -0.4 is 0 Å². The van der Waals surface area contributed by atoms with Gasteiger partial charge in [-0.1, -0.05) is 12.1 Å². The van der Waals surface area contributed by atoms with E-state index in [0.29, 0.717) is 24.7 Å². The summed E-state index contributed by atoms with van der Waals surface area (Å²) in [5, 5.41) is 9.36. The Kier molecular flexibility index (Phi) is 4.44. The Labute approximate surface area is 135 Å². The van der Waals surface area contributed by atoms with Gasteiger partial charge in [0.15, 0.2) is 0 Å². The molecule has 0 aromatic heterocycles. The van der Waals surface area contributed by atoms with Crippen molar-refractivity contribution in [2.45, 2.75) is 31.8 Å². The molecule has 5 heteroatoms. The number of nitrogens with zero attached hydrogens (tertiary/aromatic N) is 3. The summed E-state index contributed by atoms with van der Waals surface area (Å²) in [7, 11) is 0. The number of nitriles is 1. The topological polar surface area (TPSA) is 47.3 Å². The van der Waals surface area contributed by atoms with Gasteiger partial charge >= 0.3 is 0 Å². The van der Waals surface area contributed by atoms with E-state index in [1.807, 2.05) is 0 Å². The fourth-order valence-electron chi connectivity index (χ4n) is 3.06. The van der Waals surface area contributed by atoms with E-state index in [1.165, 1.54) is 12.1 Å². The molecule has 4 nitrogen and oxygen atoms in total. The van der Waals surface area contributed by atoms with E-state index in [4.69, 9.17) is 0 Å². The number of hydrogen-bond acceptors (Lipinski definition) is 3. The van der Waals surface area contributed by atoms with Gasteiger partial charge in [0.25, 0.3) is 0 Å². The van der Waals surface area contributed by atoms with E-state index in [0.717, 1.165) is 24.9 Å². The van der Waals surface area contributed by atoms with Crippen molar-refractivity contribution in [3.63, 3.8) is 0 Å². The first kappa shape index (κ1) is 15.7. The van der Waals surface area contributed by atoms with Crippen LogP contribution in [0.5, 0.6) is 0 Å². The summed E-state index contributed by atoms with van der Waals surface area (Å²) in [6.07, 6.45) is 4.08. The Morgan fingerprint density at radius 2 is 2.00 bits per heavy atom. The highest BCUT2D eigenvalue weighted by Gasteiger charge is 2.38. The van der Waals surface area contributed by atoms with Gasteiger partial charge in [-0.05, 0) is 43.5 Å². The third kappa shape index (κ3) is 3.59. The second-order valence-corrected chi connectivity index (χ2v) is 6.24. The van der Waals surface area contributed by atoms with Gasteiger partial charge in [0.1, 0.15) is 11.9 Å². The van der Waals surface area contributed by atoms with Crippen molar-refractivity contribution < 1.29 is 9.18 Å². The third-order valence-electron chi connectivity index (χ3n) is 4.46. The van der Waals surface area contributed by atoms with Crippen LogP contribution in [0.4, 0.5) is 4.39 Å². The number of piperazine rings is 1. The molecule has 120 valence electrons. The fraction of sp³-hybridized carbons (Fsp3) is 0.444. The number of hydrogen-bond donors (Lipinski definition) is 0. The number of carbonyl (C=O) groups excluding carboxylic acids is 1. The smallest absolute Gasteiger partial charge is 0.249 e. The molecule has 1 saturated carbocycles. The molecule has 0 bridgehead atoms. The van der Waals surface area contributed by atoms with Gasteiger partial charge in [0.05, 0.1) is 6.07 Å². The molecule has 0 unspecified atom stereocenters. The summed E-state index contributed by atoms with van der Waals surface area (Å²) in [4.78, 5) is 16.6. The predicted octanol–water partition coefficient (Wildman–Crippen LogP) is 2.43. The monoisotopic (exact) mass is 313 g/mol. The zero-order chi connectivity index (χ0) is 16.4. The Balaban J connectivity index is 1.67. The summed E-state index contributed by atoms with van der Waals surface area (Å²) in [6.45, 7) is 3.64. The lowest BCUT2D eigenvalue weighted by molar-refractivity contribution is -0.129. The summed E-state index contributed by atoms with van der Waals surface area (Å²) < 4.78 is 12.9. The standard InChI is InChI=1S/C18H20FN3O/c1-13(10-14-2-4-15(19)5-3-14)18(23)21-8-9-22(16-6-7-16)17(11-20)12-21/h2-5,10,16-17H,6-9,12H2,1H3/b13-10+/t17-/m1/s1. The van der Waals surface area contributed by atoms with Crippen LogP contribution in [0, 0.1) is 17.1 Å². The Hall–Kier alpha value is -2.19. The average Bonchev–Trinajstić information content (AvgIpc) is 3.40. The molecule has 23 heavy (non-hydrogen) atoms. The Morgan fingerprint density at radius 1 is 1.30 bits per heavy atom. The van der Waals surface area contributed by atoms with E-state index >= 15 is 0 Å². The number of benzene rings is 1. The predicted molar refractivity (Wildman–Crippen MR) is 85.8 cm³/mol. The van der Waals surface area contributed by atoms with Gasteiger partial charge in [0.2, 0.25) is 5.91 Å². The zero-order valence-corrected chi connectivity index (χ0v) is 13.2. The quantitative estimate of drug-likeness (QED) is 0.805. The van der Waals surface area contributed by atoms with Gasteiger partial charge in [-0.25, -0.2) is 4.39 Å². The van der Waals surface area contributed by atoms with Gasteiger partial charge in [-0.2, -0.15) is 5.26 Å². The number of halogens is 1. The molecule has 0 N–H and O–H groups in total. The largest absolute Gasteiger partial charge is 0.335 e. The maximum atomic E-state index is 12.9. The van der Waals surface area contributed by atoms with E-state index in [9.17, 15) is 14.4 Å². The first-order valence-corrected chi connectivity index (χ1v) is 7.97. The fourth-order valence-corrected chi connectivity index (χ4v) is 3.06. The lowest BCUT2D eigenvalue weighted by Gasteiger charge is -2.38. The highest BCUT2D eigenvalue weighted by atomic mass is 19.1. The molecule has 3 rings (SSSR count). The highest BCUT2D eigenvalue weighted by Crippen LogP contribution is 2.30. The van der Waals surface area contributed by atoms with Crippen LogP contribution in [-0.2, 0) is 4.79 Å². The molecule has 0 spiro atoms. The van der Waals surface area contributed by atoms with Crippen molar-refractivity contribution in [1.82, 2.24) is 9.80 Å². The van der Waals surface area contributed by atoms with Gasteiger partial charge < -0.3 is 4.90 Å². The minimum atomic E-state index is -0.292. The van der Waals surface area contributed by atoms with Crippen molar-refractivity contribution in [3.05, 3.63) is 41.2 Å². The third-order valence-corrected chi connectivity index (χ3v) is 4.46. The molecule has 1 aromatic carbocycles. The molecule has 2 fully saturated rings. The normalized spacial score (nSPS) is 22.7. The molecule has 1 aliphatic heterocycles. The molecular weight excluding hydrogens is 293 g/mol. The van der Waals surface area contributed by atoms with E-state index < -0.39 is 0 Å². The summed E-state index contributed by atoms with van der Waals surface area (Å²) >= 11 is 0. The van der Waals surface area contributed by atoms with Crippen molar-refractivity contribution in [2.75, 3.05) is 19.6 Å². The average molecular weight is 313 g/mol. The second kappa shape index (κ2) is 6.51. The van der Waals surface area contributed by atoms with Gasteiger partial charge in [-0.3, -0.25) is 9.69 Å². The second-order valence-electron chi connectivity index (χ2n) is 6.24. The first-order chi connectivity index (χ1) is 11.1. The van der Waals surface area contributed by atoms with Crippen molar-refractivity contribution in [3.8, 4) is 6.07 Å². The minimum absolute atomic E-state index is 0.0509. The molecular formula is C18H20FN3O. The van der Waals surface area contributed by atoms with Crippen molar-refractivity contribution >= 4 is 12.0 Å². The summed E-state index contributed by atoms with van der Waals surface area (Å²) in [6, 6.07) is 8.70. The molecule has 1 amide bonds. The van der Waals surface area contributed by atoms with Crippen molar-refractivity contribution in [2.24, 2.45) is 0 Å². The van der Waals surface area contributed by atoms with Crippen LogP contribution in [0.1, 0.15) is 25.3 Å². The summed E-state index contributed by atoms with van der Waals surface area (Å²) in [5.41, 5.74) is 1.40. The molecule has 1 heterocycles. The van der Waals surface area contributed by atoms with Crippen molar-refractivity contribution in [1.29, 1.82) is 5.26 Å². The summed E-state index contributed by atoms with van der Waals surface area (Å²) in [5.74, 6) is -0.343. The molecule has 0 radical (unpaired) electrons. The van der Waals surface area contributed by atoms with Gasteiger partial charge in [-0.15, -0.1) is 0 Å². The zero-order valence-electron chi connectivity index (χ0n) is 13.2. The molecule has 1 atom stereocenters. The van der Waals surface area contributed by atoms with E-state index in [-0.39, 0.29) is 17.8 Å².